The summed E-state index contributed by atoms with van der Waals surface area (Å²) in [6.45, 7) is 3.79. The van der Waals surface area contributed by atoms with Crippen molar-refractivity contribution >= 4 is 17.4 Å². The van der Waals surface area contributed by atoms with Crippen LogP contribution in [0.5, 0.6) is 11.5 Å². The third kappa shape index (κ3) is 4.71. The second-order valence-electron chi connectivity index (χ2n) is 7.30. The van der Waals surface area contributed by atoms with E-state index in [1.54, 1.807) is 6.20 Å². The number of para-hydroxylation sites is 3. The summed E-state index contributed by atoms with van der Waals surface area (Å²) in [4.78, 5) is 23.2. The number of carbonyl (C=O) groups is 1. The van der Waals surface area contributed by atoms with E-state index in [1.165, 1.54) is 6.20 Å². The maximum absolute atomic E-state index is 12.6. The Morgan fingerprint density at radius 2 is 1.72 bits per heavy atom. The van der Waals surface area contributed by atoms with Crippen LogP contribution in [0.2, 0.25) is 0 Å². The molecule has 29 heavy (non-hydrogen) atoms. The van der Waals surface area contributed by atoms with Crippen LogP contribution < -0.4 is 10.1 Å². The Labute approximate surface area is 170 Å². The number of carbonyl (C=O) groups excluding carboxylic acids is 1. The second-order valence-corrected chi connectivity index (χ2v) is 7.30. The summed E-state index contributed by atoms with van der Waals surface area (Å²) in [5, 5.41) is 3.22. The first-order chi connectivity index (χ1) is 14.2. The molecular weight excluding hydrogens is 364 g/mol. The van der Waals surface area contributed by atoms with Gasteiger partial charge in [-0.05, 0) is 43.0 Å². The average molecular weight is 388 g/mol. The third-order valence-electron chi connectivity index (χ3n) is 5.06. The van der Waals surface area contributed by atoms with E-state index >= 15 is 0 Å². The Kier molecular flexibility index (Phi) is 5.70. The standard InChI is InChI=1S/C23H24N4O2/c1-17-11-13-27(14-12-17)23(28)20-15-25-22(16-24-20)26-19-9-5-6-10-21(19)29-18-7-3-2-4-8-18/h2-10,15-17H,11-14H2,1H3,(H,25,26). The van der Waals surface area contributed by atoms with Gasteiger partial charge in [0.05, 0.1) is 18.1 Å². The average Bonchev–Trinajstić information content (AvgIpc) is 2.76. The number of hydrogen-bond acceptors (Lipinski definition) is 5. The first kappa shape index (κ1) is 18.9. The Morgan fingerprint density at radius 1 is 1.00 bits per heavy atom. The Hall–Kier alpha value is -3.41. The normalized spacial score (nSPS) is 14.4. The van der Waals surface area contributed by atoms with E-state index in [0.29, 0.717) is 23.2 Å². The minimum absolute atomic E-state index is 0.0521. The maximum atomic E-state index is 12.6. The van der Waals surface area contributed by atoms with Gasteiger partial charge in [-0.1, -0.05) is 37.3 Å². The van der Waals surface area contributed by atoms with Gasteiger partial charge in [0.25, 0.3) is 5.91 Å². The van der Waals surface area contributed by atoms with Crippen LogP contribution in [-0.2, 0) is 0 Å². The number of piperidine rings is 1. The van der Waals surface area contributed by atoms with Crippen molar-refractivity contribution < 1.29 is 9.53 Å². The van der Waals surface area contributed by atoms with E-state index in [1.807, 2.05) is 59.5 Å². The lowest BCUT2D eigenvalue weighted by Gasteiger charge is -2.29. The molecule has 1 saturated heterocycles. The minimum Gasteiger partial charge on any atom is -0.455 e. The molecule has 0 unspecified atom stereocenters. The summed E-state index contributed by atoms with van der Waals surface area (Å²) in [6, 6.07) is 17.2. The molecule has 148 valence electrons. The van der Waals surface area contributed by atoms with Crippen molar-refractivity contribution in [2.45, 2.75) is 19.8 Å². The zero-order chi connectivity index (χ0) is 20.1. The van der Waals surface area contributed by atoms with Crippen LogP contribution in [0.1, 0.15) is 30.3 Å². The van der Waals surface area contributed by atoms with Crippen molar-refractivity contribution in [3.8, 4) is 11.5 Å². The molecule has 0 radical (unpaired) electrons. The lowest BCUT2D eigenvalue weighted by atomic mass is 9.99. The van der Waals surface area contributed by atoms with Gasteiger partial charge in [0.15, 0.2) is 5.75 Å². The lowest BCUT2D eigenvalue weighted by molar-refractivity contribution is 0.0691. The van der Waals surface area contributed by atoms with Gasteiger partial charge < -0.3 is 15.0 Å². The van der Waals surface area contributed by atoms with Gasteiger partial charge in [-0.25, -0.2) is 9.97 Å². The number of nitrogens with one attached hydrogen (secondary N) is 1. The Morgan fingerprint density at radius 3 is 2.45 bits per heavy atom. The molecule has 4 rings (SSSR count). The Bertz CT molecular complexity index is 952. The molecule has 0 bridgehead atoms. The molecule has 0 spiro atoms. The number of ether oxygens (including phenoxy) is 1. The van der Waals surface area contributed by atoms with Gasteiger partial charge in [0.2, 0.25) is 0 Å². The highest BCUT2D eigenvalue weighted by Crippen LogP contribution is 2.30. The van der Waals surface area contributed by atoms with Crippen LogP contribution in [0.15, 0.2) is 67.0 Å². The van der Waals surface area contributed by atoms with Gasteiger partial charge in [0.1, 0.15) is 17.3 Å². The second kappa shape index (κ2) is 8.73. The molecule has 3 aromatic rings. The molecule has 2 heterocycles. The van der Waals surface area contributed by atoms with E-state index in [4.69, 9.17) is 4.74 Å². The quantitative estimate of drug-likeness (QED) is 0.674. The molecule has 0 aliphatic carbocycles. The van der Waals surface area contributed by atoms with Crippen LogP contribution in [-0.4, -0.2) is 33.9 Å². The number of anilines is 2. The molecule has 6 nitrogen and oxygen atoms in total. The van der Waals surface area contributed by atoms with Gasteiger partial charge in [0, 0.05) is 13.1 Å². The molecule has 1 amide bonds. The van der Waals surface area contributed by atoms with Gasteiger partial charge >= 0.3 is 0 Å². The molecule has 1 aromatic heterocycles. The number of likely N-dealkylation sites (tertiary alicyclic amines) is 1. The van der Waals surface area contributed by atoms with Crippen LogP contribution in [0.3, 0.4) is 0 Å². The zero-order valence-electron chi connectivity index (χ0n) is 16.4. The number of nitrogens with zero attached hydrogens (tertiary/aromatic N) is 3. The predicted octanol–water partition coefficient (Wildman–Crippen LogP) is 4.88. The van der Waals surface area contributed by atoms with E-state index in [9.17, 15) is 4.79 Å². The molecule has 0 saturated carbocycles. The highest BCUT2D eigenvalue weighted by Gasteiger charge is 2.22. The largest absolute Gasteiger partial charge is 0.455 e. The van der Waals surface area contributed by atoms with E-state index < -0.39 is 0 Å². The van der Waals surface area contributed by atoms with Gasteiger partial charge in [-0.15, -0.1) is 0 Å². The molecule has 6 heteroatoms. The maximum Gasteiger partial charge on any atom is 0.274 e. The smallest absolute Gasteiger partial charge is 0.274 e. The molecular formula is C23H24N4O2. The van der Waals surface area contributed by atoms with Gasteiger partial charge in [-0.2, -0.15) is 0 Å². The van der Waals surface area contributed by atoms with Crippen molar-refractivity contribution in [3.63, 3.8) is 0 Å². The van der Waals surface area contributed by atoms with Crippen LogP contribution in [0.25, 0.3) is 0 Å². The topological polar surface area (TPSA) is 67.4 Å². The first-order valence-corrected chi connectivity index (χ1v) is 9.89. The van der Waals surface area contributed by atoms with Crippen molar-refractivity contribution in [3.05, 3.63) is 72.7 Å². The van der Waals surface area contributed by atoms with Crippen LogP contribution in [0.4, 0.5) is 11.5 Å². The molecule has 1 aliphatic heterocycles. The molecule has 2 aromatic carbocycles. The third-order valence-corrected chi connectivity index (χ3v) is 5.06. The van der Waals surface area contributed by atoms with E-state index in [2.05, 4.69) is 22.2 Å². The number of hydrogen-bond donors (Lipinski definition) is 1. The number of aromatic nitrogens is 2. The SMILES string of the molecule is CC1CCN(C(=O)c2cnc(Nc3ccccc3Oc3ccccc3)cn2)CC1. The van der Waals surface area contributed by atoms with Crippen molar-refractivity contribution in [1.82, 2.24) is 14.9 Å². The zero-order valence-corrected chi connectivity index (χ0v) is 16.4. The summed E-state index contributed by atoms with van der Waals surface area (Å²) in [5.74, 6) is 2.62. The number of rotatable bonds is 5. The molecule has 1 N–H and O–H groups in total. The summed E-state index contributed by atoms with van der Waals surface area (Å²) >= 11 is 0. The number of amides is 1. The monoisotopic (exact) mass is 388 g/mol. The fraction of sp³-hybridized carbons (Fsp3) is 0.261. The Balaban J connectivity index is 1.45. The summed E-state index contributed by atoms with van der Waals surface area (Å²) in [5.41, 5.74) is 1.15. The number of benzene rings is 2. The summed E-state index contributed by atoms with van der Waals surface area (Å²) in [7, 11) is 0. The first-order valence-electron chi connectivity index (χ1n) is 9.89. The van der Waals surface area contributed by atoms with Crippen LogP contribution in [0, 0.1) is 5.92 Å². The van der Waals surface area contributed by atoms with Crippen molar-refractivity contribution in [2.24, 2.45) is 5.92 Å². The van der Waals surface area contributed by atoms with Gasteiger partial charge in [-0.3, -0.25) is 4.79 Å². The summed E-state index contributed by atoms with van der Waals surface area (Å²) in [6.07, 6.45) is 5.19. The molecule has 0 atom stereocenters. The fourth-order valence-electron chi connectivity index (χ4n) is 3.29. The van der Waals surface area contributed by atoms with E-state index in [-0.39, 0.29) is 5.91 Å². The highest BCUT2D eigenvalue weighted by molar-refractivity contribution is 5.92. The summed E-state index contributed by atoms with van der Waals surface area (Å²) < 4.78 is 5.96. The lowest BCUT2D eigenvalue weighted by Crippen LogP contribution is -2.38. The molecule has 1 fully saturated rings. The molecule has 1 aliphatic rings. The van der Waals surface area contributed by atoms with E-state index in [0.717, 1.165) is 37.4 Å². The fourth-order valence-corrected chi connectivity index (χ4v) is 3.29. The van der Waals surface area contributed by atoms with Crippen molar-refractivity contribution in [2.75, 3.05) is 18.4 Å². The minimum atomic E-state index is -0.0521. The van der Waals surface area contributed by atoms with Crippen LogP contribution >= 0.6 is 0 Å². The van der Waals surface area contributed by atoms with Crippen molar-refractivity contribution in [1.29, 1.82) is 0 Å². The predicted molar refractivity (Wildman–Crippen MR) is 113 cm³/mol. The highest BCUT2D eigenvalue weighted by atomic mass is 16.5.